The highest BCUT2D eigenvalue weighted by Crippen LogP contribution is 2.19. The highest BCUT2D eigenvalue weighted by molar-refractivity contribution is 5.55. The summed E-state index contributed by atoms with van der Waals surface area (Å²) in [6.07, 6.45) is 2.85. The van der Waals surface area contributed by atoms with E-state index in [0.717, 1.165) is 23.5 Å². The quantitative estimate of drug-likeness (QED) is 0.895. The van der Waals surface area contributed by atoms with E-state index in [1.54, 1.807) is 4.68 Å². The number of nitrogens with one attached hydrogen (secondary N) is 1. The van der Waals surface area contributed by atoms with E-state index in [0.29, 0.717) is 18.4 Å². The summed E-state index contributed by atoms with van der Waals surface area (Å²) in [5.74, 6) is 1.13. The molecule has 2 aromatic heterocycles. The fraction of sp³-hybridized carbons (Fsp3) is 0.462. The van der Waals surface area contributed by atoms with Gasteiger partial charge in [0, 0.05) is 25.0 Å². The fourth-order valence-corrected chi connectivity index (χ4v) is 1.72. The van der Waals surface area contributed by atoms with Crippen molar-refractivity contribution in [3.05, 3.63) is 23.7 Å². The summed E-state index contributed by atoms with van der Waals surface area (Å²) in [6, 6.07) is 1.83. The lowest BCUT2D eigenvalue weighted by Gasteiger charge is -2.08. The molecule has 0 radical (unpaired) electrons. The Kier molecular flexibility index (Phi) is 3.99. The Morgan fingerprint density at radius 3 is 2.74 bits per heavy atom. The van der Waals surface area contributed by atoms with E-state index in [1.165, 1.54) is 0 Å². The molecular weight excluding hydrogens is 242 g/mol. The number of hydrogen-bond donors (Lipinski definition) is 1. The standard InChI is InChI=1S/C13H19N5O/c1-5-6-19-12-7-9(2)14-13(16-12)15-11-8-18(4)17-10(11)3/h7-8H,5-6H2,1-4H3,(H,14,15,16). The monoisotopic (exact) mass is 261 g/mol. The van der Waals surface area contributed by atoms with E-state index in [4.69, 9.17) is 4.74 Å². The van der Waals surface area contributed by atoms with Crippen molar-refractivity contribution >= 4 is 11.6 Å². The first-order valence-corrected chi connectivity index (χ1v) is 6.34. The number of ether oxygens (including phenoxy) is 1. The van der Waals surface area contributed by atoms with Gasteiger partial charge >= 0.3 is 0 Å². The summed E-state index contributed by atoms with van der Waals surface area (Å²) in [4.78, 5) is 8.68. The van der Waals surface area contributed by atoms with Gasteiger partial charge in [0.05, 0.1) is 18.0 Å². The number of aryl methyl sites for hydroxylation is 3. The molecule has 0 bridgehead atoms. The topological polar surface area (TPSA) is 64.9 Å². The molecule has 0 aliphatic carbocycles. The third-order valence-electron chi connectivity index (χ3n) is 2.54. The van der Waals surface area contributed by atoms with Crippen molar-refractivity contribution < 1.29 is 4.74 Å². The first kappa shape index (κ1) is 13.3. The van der Waals surface area contributed by atoms with Gasteiger partial charge in [-0.2, -0.15) is 10.1 Å². The van der Waals surface area contributed by atoms with E-state index >= 15 is 0 Å². The van der Waals surface area contributed by atoms with Crippen LogP contribution < -0.4 is 10.1 Å². The highest BCUT2D eigenvalue weighted by atomic mass is 16.5. The zero-order valence-electron chi connectivity index (χ0n) is 11.8. The van der Waals surface area contributed by atoms with Crippen molar-refractivity contribution in [3.63, 3.8) is 0 Å². The van der Waals surface area contributed by atoms with E-state index in [2.05, 4.69) is 27.3 Å². The zero-order valence-corrected chi connectivity index (χ0v) is 11.8. The third-order valence-corrected chi connectivity index (χ3v) is 2.54. The predicted octanol–water partition coefficient (Wildman–Crippen LogP) is 2.36. The summed E-state index contributed by atoms with van der Waals surface area (Å²) in [6.45, 7) is 6.57. The Hall–Kier alpha value is -2.11. The lowest BCUT2D eigenvalue weighted by molar-refractivity contribution is 0.305. The maximum absolute atomic E-state index is 5.54. The van der Waals surface area contributed by atoms with E-state index in [-0.39, 0.29) is 0 Å². The van der Waals surface area contributed by atoms with Crippen LogP contribution in [0.15, 0.2) is 12.3 Å². The smallest absolute Gasteiger partial charge is 0.230 e. The van der Waals surface area contributed by atoms with Crippen molar-refractivity contribution in [2.24, 2.45) is 7.05 Å². The molecule has 0 aliphatic heterocycles. The molecule has 0 fully saturated rings. The second kappa shape index (κ2) is 5.69. The maximum Gasteiger partial charge on any atom is 0.230 e. The number of rotatable bonds is 5. The molecule has 0 saturated heterocycles. The van der Waals surface area contributed by atoms with Gasteiger partial charge in [0.15, 0.2) is 0 Å². The van der Waals surface area contributed by atoms with Crippen LogP contribution in [0.5, 0.6) is 5.88 Å². The van der Waals surface area contributed by atoms with Crippen LogP contribution in [-0.4, -0.2) is 26.4 Å². The molecule has 0 amide bonds. The van der Waals surface area contributed by atoms with Crippen LogP contribution in [0.25, 0.3) is 0 Å². The molecule has 102 valence electrons. The Balaban J connectivity index is 2.20. The summed E-state index contributed by atoms with van der Waals surface area (Å²) >= 11 is 0. The predicted molar refractivity (Wildman–Crippen MR) is 73.8 cm³/mol. The number of hydrogen-bond acceptors (Lipinski definition) is 5. The van der Waals surface area contributed by atoms with Crippen LogP contribution in [0.3, 0.4) is 0 Å². The van der Waals surface area contributed by atoms with E-state index in [1.807, 2.05) is 33.2 Å². The molecule has 6 nitrogen and oxygen atoms in total. The largest absolute Gasteiger partial charge is 0.478 e. The molecule has 2 rings (SSSR count). The summed E-state index contributed by atoms with van der Waals surface area (Å²) in [5, 5.41) is 7.43. The second-order valence-corrected chi connectivity index (χ2v) is 4.45. The lowest BCUT2D eigenvalue weighted by Crippen LogP contribution is -2.03. The van der Waals surface area contributed by atoms with Gasteiger partial charge in [-0.15, -0.1) is 0 Å². The number of aromatic nitrogens is 4. The fourth-order valence-electron chi connectivity index (χ4n) is 1.72. The Morgan fingerprint density at radius 2 is 2.11 bits per heavy atom. The molecule has 6 heteroatoms. The number of nitrogens with zero attached hydrogens (tertiary/aromatic N) is 4. The zero-order chi connectivity index (χ0) is 13.8. The van der Waals surface area contributed by atoms with E-state index in [9.17, 15) is 0 Å². The normalized spacial score (nSPS) is 10.5. The van der Waals surface area contributed by atoms with Gasteiger partial charge < -0.3 is 10.1 Å². The van der Waals surface area contributed by atoms with Gasteiger partial charge in [0.2, 0.25) is 11.8 Å². The Labute approximate surface area is 112 Å². The van der Waals surface area contributed by atoms with Gasteiger partial charge in [-0.25, -0.2) is 4.98 Å². The van der Waals surface area contributed by atoms with E-state index < -0.39 is 0 Å². The molecule has 0 saturated carbocycles. The van der Waals surface area contributed by atoms with Crippen LogP contribution in [-0.2, 0) is 7.05 Å². The van der Waals surface area contributed by atoms with Gasteiger partial charge in [-0.1, -0.05) is 6.92 Å². The van der Waals surface area contributed by atoms with Crippen molar-refractivity contribution in [2.45, 2.75) is 27.2 Å². The molecule has 2 heterocycles. The average Bonchev–Trinajstić information content (AvgIpc) is 2.64. The molecule has 0 spiro atoms. The third kappa shape index (κ3) is 3.43. The minimum Gasteiger partial charge on any atom is -0.478 e. The van der Waals surface area contributed by atoms with Crippen LogP contribution in [0.2, 0.25) is 0 Å². The molecule has 19 heavy (non-hydrogen) atoms. The van der Waals surface area contributed by atoms with Gasteiger partial charge in [-0.3, -0.25) is 4.68 Å². The van der Waals surface area contributed by atoms with Crippen LogP contribution in [0, 0.1) is 13.8 Å². The summed E-state index contributed by atoms with van der Waals surface area (Å²) < 4.78 is 7.29. The van der Waals surface area contributed by atoms with Gasteiger partial charge in [0.1, 0.15) is 0 Å². The van der Waals surface area contributed by atoms with Crippen molar-refractivity contribution in [3.8, 4) is 5.88 Å². The summed E-state index contributed by atoms with van der Waals surface area (Å²) in [5.41, 5.74) is 2.67. The second-order valence-electron chi connectivity index (χ2n) is 4.45. The Bertz CT molecular complexity index is 564. The minimum atomic E-state index is 0.530. The average molecular weight is 261 g/mol. The number of anilines is 2. The molecule has 0 aliphatic rings. The maximum atomic E-state index is 5.54. The van der Waals surface area contributed by atoms with Crippen LogP contribution >= 0.6 is 0 Å². The van der Waals surface area contributed by atoms with Crippen molar-refractivity contribution in [2.75, 3.05) is 11.9 Å². The first-order chi connectivity index (χ1) is 9.08. The molecule has 0 unspecified atom stereocenters. The Morgan fingerprint density at radius 1 is 1.32 bits per heavy atom. The summed E-state index contributed by atoms with van der Waals surface area (Å²) in [7, 11) is 1.88. The van der Waals surface area contributed by atoms with Crippen molar-refractivity contribution in [1.82, 2.24) is 19.7 Å². The first-order valence-electron chi connectivity index (χ1n) is 6.34. The highest BCUT2D eigenvalue weighted by Gasteiger charge is 2.07. The van der Waals surface area contributed by atoms with Crippen molar-refractivity contribution in [1.29, 1.82) is 0 Å². The minimum absolute atomic E-state index is 0.530. The van der Waals surface area contributed by atoms with Gasteiger partial charge in [0.25, 0.3) is 0 Å². The van der Waals surface area contributed by atoms with Crippen LogP contribution in [0.4, 0.5) is 11.6 Å². The molecule has 0 atom stereocenters. The van der Waals surface area contributed by atoms with Crippen LogP contribution in [0.1, 0.15) is 24.7 Å². The molecule has 0 aromatic carbocycles. The lowest BCUT2D eigenvalue weighted by atomic mass is 10.4. The molecule has 2 aromatic rings. The SMILES string of the molecule is CCCOc1cc(C)nc(Nc2cn(C)nc2C)n1. The molecular formula is C13H19N5O. The molecule has 1 N–H and O–H groups in total. The van der Waals surface area contributed by atoms with Gasteiger partial charge in [-0.05, 0) is 20.3 Å².